The van der Waals surface area contributed by atoms with Crippen molar-refractivity contribution in [2.45, 2.75) is 43.7 Å². The van der Waals surface area contributed by atoms with Crippen LogP contribution in [0.4, 0.5) is 26.3 Å². The number of hydrogen-bond donors (Lipinski definition) is 2. The third-order valence-electron chi connectivity index (χ3n) is 8.58. The van der Waals surface area contributed by atoms with Crippen LogP contribution in [0.2, 0.25) is 0 Å². The van der Waals surface area contributed by atoms with E-state index in [4.69, 9.17) is 4.98 Å². The predicted molar refractivity (Wildman–Crippen MR) is 155 cm³/mol. The van der Waals surface area contributed by atoms with Crippen LogP contribution in [0.3, 0.4) is 0 Å². The van der Waals surface area contributed by atoms with Crippen LogP contribution in [0.25, 0.3) is 32.4 Å². The van der Waals surface area contributed by atoms with Crippen molar-refractivity contribution in [3.05, 3.63) is 94.0 Å². The standard InChI is InChI=1S/C31H21F6N7OS/c32-15-3-13(4-16(33)7-15)5-22(40-25(45)11-44-29-26(28(43-44)30(34)35)18-8-19(18)31(29,36)37)27-17(9-20-23(41-27)10-39-42-20)14-1-2-24-21(6-14)38-12-46-24/h1-4,6-7,9-10,12,18-19,22,30H,5,8,11H2,(H,39,42)(H,40,45)/t18-,19+,22?/m0/s1. The highest BCUT2D eigenvalue weighted by atomic mass is 32.1. The van der Waals surface area contributed by atoms with Gasteiger partial charge in [-0.2, -0.15) is 19.0 Å². The first kappa shape index (κ1) is 28.7. The molecule has 8 rings (SSSR count). The molecule has 0 bridgehead atoms. The van der Waals surface area contributed by atoms with Crippen molar-refractivity contribution in [2.24, 2.45) is 5.92 Å². The van der Waals surface area contributed by atoms with Crippen LogP contribution >= 0.6 is 11.3 Å². The van der Waals surface area contributed by atoms with E-state index in [1.807, 2.05) is 18.2 Å². The van der Waals surface area contributed by atoms with E-state index in [-0.39, 0.29) is 24.0 Å². The second-order valence-electron chi connectivity index (χ2n) is 11.5. The SMILES string of the molecule is O=C(Cn1nc(C(F)F)c2c1C(F)(F)[C@@H]1C[C@H]21)NC(Cc1cc(F)cc(F)c1)c1nc2cn[nH]c2cc1-c1ccc2scnc2c1. The number of fused-ring (bicyclic) bond motifs is 5. The normalized spacial score (nSPS) is 18.7. The Morgan fingerprint density at radius 1 is 1.09 bits per heavy atom. The van der Waals surface area contributed by atoms with Gasteiger partial charge in [0.05, 0.1) is 39.2 Å². The minimum absolute atomic E-state index is 0.0848. The van der Waals surface area contributed by atoms with Gasteiger partial charge in [-0.15, -0.1) is 11.3 Å². The number of nitrogens with one attached hydrogen (secondary N) is 2. The van der Waals surface area contributed by atoms with Crippen molar-refractivity contribution in [3.8, 4) is 11.1 Å². The Morgan fingerprint density at radius 3 is 2.67 bits per heavy atom. The summed E-state index contributed by atoms with van der Waals surface area (Å²) in [4.78, 5) is 22.7. The molecule has 8 nitrogen and oxygen atoms in total. The van der Waals surface area contributed by atoms with Crippen LogP contribution in [-0.2, 0) is 23.7 Å². The Kier molecular flexibility index (Phi) is 6.46. The van der Waals surface area contributed by atoms with E-state index in [1.165, 1.54) is 17.5 Å². The van der Waals surface area contributed by atoms with Gasteiger partial charge in [-0.1, -0.05) is 6.07 Å². The highest BCUT2D eigenvalue weighted by Gasteiger charge is 2.67. The van der Waals surface area contributed by atoms with Crippen molar-refractivity contribution in [3.63, 3.8) is 0 Å². The average molecular weight is 654 g/mol. The second kappa shape index (κ2) is 10.4. The number of carbonyl (C=O) groups excluding carboxylic acids is 1. The van der Waals surface area contributed by atoms with Crippen molar-refractivity contribution < 1.29 is 31.1 Å². The molecule has 234 valence electrons. The number of thiazole rings is 1. The summed E-state index contributed by atoms with van der Waals surface area (Å²) in [6, 6.07) is 9.21. The van der Waals surface area contributed by atoms with E-state index in [9.17, 15) is 22.4 Å². The number of rotatable bonds is 8. The number of benzene rings is 2. The number of aromatic amines is 1. The second-order valence-corrected chi connectivity index (χ2v) is 12.4. The lowest BCUT2D eigenvalue weighted by atomic mass is 9.94. The highest BCUT2D eigenvalue weighted by Crippen LogP contribution is 2.68. The molecule has 2 aliphatic carbocycles. The first-order valence-electron chi connectivity index (χ1n) is 14.3. The molecule has 0 saturated heterocycles. The molecule has 1 saturated carbocycles. The zero-order valence-corrected chi connectivity index (χ0v) is 24.3. The molecule has 0 spiro atoms. The third kappa shape index (κ3) is 4.71. The molecule has 0 aliphatic heterocycles. The van der Waals surface area contributed by atoms with Gasteiger partial charge in [-0.3, -0.25) is 14.6 Å². The van der Waals surface area contributed by atoms with E-state index >= 15 is 8.78 Å². The van der Waals surface area contributed by atoms with E-state index in [0.717, 1.165) is 16.8 Å². The predicted octanol–water partition coefficient (Wildman–Crippen LogP) is 6.96. The van der Waals surface area contributed by atoms with Crippen LogP contribution in [0, 0.1) is 17.6 Å². The lowest BCUT2D eigenvalue weighted by molar-refractivity contribution is -0.123. The smallest absolute Gasteiger partial charge is 0.293 e. The van der Waals surface area contributed by atoms with Crippen molar-refractivity contribution in [1.29, 1.82) is 0 Å². The molecule has 15 heteroatoms. The summed E-state index contributed by atoms with van der Waals surface area (Å²) in [6.45, 7) is -0.786. The Bertz CT molecular complexity index is 2160. The Balaban J connectivity index is 1.21. The minimum Gasteiger partial charge on any atom is -0.346 e. The molecule has 1 fully saturated rings. The Labute approximate surface area is 259 Å². The number of H-pyrrole nitrogens is 1. The molecule has 2 aromatic carbocycles. The maximum Gasteiger partial charge on any atom is 0.293 e. The van der Waals surface area contributed by atoms with Crippen molar-refractivity contribution in [2.75, 3.05) is 0 Å². The van der Waals surface area contributed by atoms with Crippen LogP contribution in [0.5, 0.6) is 0 Å². The highest BCUT2D eigenvalue weighted by molar-refractivity contribution is 7.16. The van der Waals surface area contributed by atoms with Crippen molar-refractivity contribution in [1.82, 2.24) is 35.3 Å². The van der Waals surface area contributed by atoms with E-state index in [1.54, 1.807) is 11.6 Å². The molecule has 1 amide bonds. The van der Waals surface area contributed by atoms with Gasteiger partial charge in [0.1, 0.15) is 35.1 Å². The molecule has 3 atom stereocenters. The van der Waals surface area contributed by atoms with Gasteiger partial charge < -0.3 is 5.32 Å². The van der Waals surface area contributed by atoms with Gasteiger partial charge in [0.15, 0.2) is 0 Å². The fourth-order valence-corrected chi connectivity index (χ4v) is 7.21. The summed E-state index contributed by atoms with van der Waals surface area (Å²) in [5.74, 6) is -7.72. The van der Waals surface area contributed by atoms with Crippen LogP contribution in [-0.4, -0.2) is 35.9 Å². The first-order valence-corrected chi connectivity index (χ1v) is 15.1. The van der Waals surface area contributed by atoms with Gasteiger partial charge in [-0.05, 0) is 60.2 Å². The van der Waals surface area contributed by atoms with E-state index in [2.05, 4.69) is 25.6 Å². The van der Waals surface area contributed by atoms with Crippen LogP contribution in [0.1, 0.15) is 53.0 Å². The number of carbonyl (C=O) groups is 1. The molecule has 0 radical (unpaired) electrons. The summed E-state index contributed by atoms with van der Waals surface area (Å²) in [5, 5.41) is 13.4. The number of aromatic nitrogens is 6. The fraction of sp³-hybridized carbons (Fsp3) is 0.258. The summed E-state index contributed by atoms with van der Waals surface area (Å²) in [7, 11) is 0. The lowest BCUT2D eigenvalue weighted by Crippen LogP contribution is -2.35. The monoisotopic (exact) mass is 653 g/mol. The molecule has 6 aromatic rings. The van der Waals surface area contributed by atoms with Crippen LogP contribution < -0.4 is 5.32 Å². The molecule has 4 heterocycles. The van der Waals surface area contributed by atoms with Gasteiger partial charge in [0.2, 0.25) is 5.91 Å². The molecular weight excluding hydrogens is 632 g/mol. The zero-order valence-electron chi connectivity index (χ0n) is 23.4. The molecule has 46 heavy (non-hydrogen) atoms. The number of amides is 1. The van der Waals surface area contributed by atoms with Crippen LogP contribution in [0.15, 0.2) is 54.2 Å². The topological polar surface area (TPSA) is 101 Å². The Morgan fingerprint density at radius 2 is 1.89 bits per heavy atom. The van der Waals surface area contributed by atoms with E-state index in [0.29, 0.717) is 44.1 Å². The number of nitrogens with zero attached hydrogens (tertiary/aromatic N) is 5. The lowest BCUT2D eigenvalue weighted by Gasteiger charge is -2.22. The first-order chi connectivity index (χ1) is 22.1. The fourth-order valence-electron chi connectivity index (χ4n) is 6.55. The van der Waals surface area contributed by atoms with Gasteiger partial charge in [0, 0.05) is 23.1 Å². The zero-order chi connectivity index (χ0) is 31.9. The molecule has 2 aliphatic rings. The summed E-state index contributed by atoms with van der Waals surface area (Å²) >= 11 is 1.45. The number of alkyl halides is 4. The quantitative estimate of drug-likeness (QED) is 0.173. The summed E-state index contributed by atoms with van der Waals surface area (Å²) in [5.41, 5.74) is 3.53. The third-order valence-corrected chi connectivity index (χ3v) is 9.39. The maximum absolute atomic E-state index is 15.2. The van der Waals surface area contributed by atoms with Gasteiger partial charge in [0.25, 0.3) is 12.3 Å². The maximum atomic E-state index is 15.2. The Hall–Kier alpha value is -4.79. The van der Waals surface area contributed by atoms with Gasteiger partial charge >= 0.3 is 0 Å². The molecule has 2 N–H and O–H groups in total. The molecular formula is C31H21F6N7OS. The summed E-state index contributed by atoms with van der Waals surface area (Å²) < 4.78 is 88.1. The van der Waals surface area contributed by atoms with Crippen molar-refractivity contribution >= 4 is 38.5 Å². The largest absolute Gasteiger partial charge is 0.346 e. The number of halogens is 6. The van der Waals surface area contributed by atoms with Gasteiger partial charge in [-0.25, -0.2) is 27.5 Å². The average Bonchev–Trinajstić information content (AvgIpc) is 3.28. The van der Waals surface area contributed by atoms with E-state index < -0.39 is 65.7 Å². The molecule has 1 unspecified atom stereocenters. The summed E-state index contributed by atoms with van der Waals surface area (Å²) in [6.07, 6.45) is -1.68. The minimum atomic E-state index is -3.41. The number of hydrogen-bond acceptors (Lipinski definition) is 6. The number of pyridine rings is 1. The molecule has 4 aromatic heterocycles.